The van der Waals surface area contributed by atoms with Crippen LogP contribution in [0, 0.1) is 0 Å². The molecule has 6 heteroatoms. The van der Waals surface area contributed by atoms with Gasteiger partial charge in [-0.3, -0.25) is 0 Å². The smallest absolute Gasteiger partial charge is 0.219 e. The van der Waals surface area contributed by atoms with Crippen LogP contribution in [0.5, 0.6) is 5.88 Å². The second-order valence-electron chi connectivity index (χ2n) is 2.79. The molecule has 1 fully saturated rings. The van der Waals surface area contributed by atoms with E-state index in [2.05, 4.69) is 9.97 Å². The lowest BCUT2D eigenvalue weighted by Gasteiger charge is -2.26. The Hall–Kier alpha value is -0.520. The number of halogens is 1. The topological polar surface area (TPSA) is 44.2 Å². The van der Waals surface area contributed by atoms with Crippen molar-refractivity contribution in [3.8, 4) is 5.88 Å². The largest absolute Gasteiger partial charge is 0.469 e. The number of aromatic nitrogens is 2. The Morgan fingerprint density at radius 3 is 2.93 bits per heavy atom. The van der Waals surface area contributed by atoms with E-state index in [0.717, 1.165) is 0 Å². The van der Waals surface area contributed by atoms with Crippen LogP contribution < -0.4 is 4.74 Å². The summed E-state index contributed by atoms with van der Waals surface area (Å²) in [5.74, 6) is 0.516. The zero-order valence-corrected chi connectivity index (χ0v) is 9.14. The van der Waals surface area contributed by atoms with E-state index in [1.165, 1.54) is 11.8 Å². The number of ether oxygens (including phenoxy) is 2. The van der Waals surface area contributed by atoms with Gasteiger partial charge in [-0.15, -0.1) is 0 Å². The van der Waals surface area contributed by atoms with E-state index in [0.29, 0.717) is 29.4 Å². The van der Waals surface area contributed by atoms with Gasteiger partial charge in [0.05, 0.1) is 13.2 Å². The highest BCUT2D eigenvalue weighted by Gasteiger charge is 2.21. The van der Waals surface area contributed by atoms with Gasteiger partial charge in [-0.25, -0.2) is 4.98 Å². The van der Waals surface area contributed by atoms with Gasteiger partial charge in [0.15, 0.2) is 5.16 Å². The lowest BCUT2D eigenvalue weighted by molar-refractivity contribution is -0.0815. The molecule has 0 bridgehead atoms. The molecular weight excluding hydrogens is 224 g/mol. The van der Waals surface area contributed by atoms with E-state index in [-0.39, 0.29) is 6.10 Å². The van der Waals surface area contributed by atoms with Crippen molar-refractivity contribution in [2.45, 2.75) is 11.3 Å². The number of rotatable bonds is 3. The monoisotopic (exact) mass is 232 g/mol. The lowest BCUT2D eigenvalue weighted by atomic mass is 10.3. The molecule has 1 aliphatic heterocycles. The molecule has 4 nitrogen and oxygen atoms in total. The molecule has 1 saturated heterocycles. The fraction of sp³-hybridized carbons (Fsp3) is 0.500. The summed E-state index contributed by atoms with van der Waals surface area (Å²) in [6, 6.07) is 1.61. The Labute approximate surface area is 91.0 Å². The molecule has 0 aliphatic carbocycles. The zero-order chi connectivity index (χ0) is 9.97. The maximum absolute atomic E-state index is 5.80. The van der Waals surface area contributed by atoms with Gasteiger partial charge < -0.3 is 9.47 Å². The van der Waals surface area contributed by atoms with E-state index in [1.54, 1.807) is 6.07 Å². The summed E-state index contributed by atoms with van der Waals surface area (Å²) in [5.41, 5.74) is 0. The number of hydrogen-bond donors (Lipinski definition) is 0. The third kappa shape index (κ3) is 2.29. The zero-order valence-electron chi connectivity index (χ0n) is 7.57. The van der Waals surface area contributed by atoms with Crippen molar-refractivity contribution in [2.24, 2.45) is 0 Å². The maximum atomic E-state index is 5.80. The van der Waals surface area contributed by atoms with Crippen molar-refractivity contribution >= 4 is 23.4 Å². The highest BCUT2D eigenvalue weighted by atomic mass is 35.5. The molecule has 2 heterocycles. The minimum atomic E-state index is 0.107. The van der Waals surface area contributed by atoms with Crippen molar-refractivity contribution in [1.82, 2.24) is 9.97 Å². The molecule has 1 aromatic heterocycles. The van der Waals surface area contributed by atoms with Crippen LogP contribution in [0.3, 0.4) is 0 Å². The average Bonchev–Trinajstić information content (AvgIpc) is 2.10. The van der Waals surface area contributed by atoms with Crippen molar-refractivity contribution in [2.75, 3.05) is 19.5 Å². The number of thioether (sulfide) groups is 1. The summed E-state index contributed by atoms with van der Waals surface area (Å²) >= 11 is 7.23. The maximum Gasteiger partial charge on any atom is 0.219 e. The molecule has 0 spiro atoms. The lowest BCUT2D eigenvalue weighted by Crippen LogP contribution is -2.38. The molecule has 14 heavy (non-hydrogen) atoms. The summed E-state index contributed by atoms with van der Waals surface area (Å²) < 4.78 is 10.5. The molecule has 0 unspecified atom stereocenters. The Bertz CT molecular complexity index is 333. The van der Waals surface area contributed by atoms with Crippen LogP contribution in [-0.2, 0) is 4.74 Å². The van der Waals surface area contributed by atoms with Crippen LogP contribution in [0.1, 0.15) is 0 Å². The molecule has 76 valence electrons. The first-order valence-electron chi connectivity index (χ1n) is 4.11. The Morgan fingerprint density at radius 1 is 1.57 bits per heavy atom. The van der Waals surface area contributed by atoms with E-state index >= 15 is 0 Å². The first-order chi connectivity index (χ1) is 6.78. The Kier molecular flexibility index (Phi) is 3.10. The molecular formula is C8H9ClN2O2S. The third-order valence-electron chi connectivity index (χ3n) is 1.73. The summed E-state index contributed by atoms with van der Waals surface area (Å²) in [7, 11) is 0. The third-order valence-corrected chi connectivity index (χ3v) is 2.47. The molecule has 0 amide bonds. The van der Waals surface area contributed by atoms with Gasteiger partial charge in [0.2, 0.25) is 5.88 Å². The molecule has 0 radical (unpaired) electrons. The highest BCUT2D eigenvalue weighted by Crippen LogP contribution is 2.20. The first-order valence-corrected chi connectivity index (χ1v) is 5.71. The SMILES string of the molecule is CSc1nc(Cl)cc(OC2COC2)n1. The van der Waals surface area contributed by atoms with Crippen LogP contribution in [0.15, 0.2) is 11.2 Å². The van der Waals surface area contributed by atoms with E-state index in [1.807, 2.05) is 6.26 Å². The fourth-order valence-corrected chi connectivity index (χ4v) is 1.58. The standard InChI is InChI=1S/C8H9ClN2O2S/c1-14-8-10-6(9)2-7(11-8)13-5-3-12-4-5/h2,5H,3-4H2,1H3. The van der Waals surface area contributed by atoms with Gasteiger partial charge in [0.25, 0.3) is 0 Å². The van der Waals surface area contributed by atoms with E-state index < -0.39 is 0 Å². The van der Waals surface area contributed by atoms with Crippen LogP contribution >= 0.6 is 23.4 Å². The van der Waals surface area contributed by atoms with Crippen molar-refractivity contribution in [1.29, 1.82) is 0 Å². The van der Waals surface area contributed by atoms with Crippen LogP contribution in [0.2, 0.25) is 5.15 Å². The summed E-state index contributed by atoms with van der Waals surface area (Å²) in [5, 5.41) is 1.02. The quantitative estimate of drug-likeness (QED) is 0.450. The molecule has 0 N–H and O–H groups in total. The van der Waals surface area contributed by atoms with Gasteiger partial charge >= 0.3 is 0 Å². The Balaban J connectivity index is 2.11. The van der Waals surface area contributed by atoms with Gasteiger partial charge in [-0.05, 0) is 6.26 Å². The molecule has 2 rings (SSSR count). The normalized spacial score (nSPS) is 16.4. The predicted octanol–water partition coefficient (Wildman–Crippen LogP) is 1.63. The summed E-state index contributed by atoms with van der Waals surface area (Å²) in [6.07, 6.45) is 2.00. The minimum Gasteiger partial charge on any atom is -0.469 e. The second kappa shape index (κ2) is 4.33. The van der Waals surface area contributed by atoms with E-state index in [9.17, 15) is 0 Å². The molecule has 0 atom stereocenters. The Morgan fingerprint density at radius 2 is 2.36 bits per heavy atom. The fourth-order valence-electron chi connectivity index (χ4n) is 0.982. The molecule has 1 aromatic rings. The van der Waals surface area contributed by atoms with Crippen molar-refractivity contribution in [3.05, 3.63) is 11.2 Å². The second-order valence-corrected chi connectivity index (χ2v) is 3.95. The van der Waals surface area contributed by atoms with Gasteiger partial charge in [-0.1, -0.05) is 23.4 Å². The van der Waals surface area contributed by atoms with Crippen LogP contribution in [-0.4, -0.2) is 35.5 Å². The van der Waals surface area contributed by atoms with Crippen molar-refractivity contribution < 1.29 is 9.47 Å². The predicted molar refractivity (Wildman–Crippen MR) is 54.1 cm³/mol. The van der Waals surface area contributed by atoms with Gasteiger partial charge in [-0.2, -0.15) is 4.98 Å². The molecule has 0 saturated carbocycles. The van der Waals surface area contributed by atoms with Gasteiger partial charge in [0.1, 0.15) is 11.3 Å². The van der Waals surface area contributed by atoms with Gasteiger partial charge in [0, 0.05) is 6.07 Å². The number of nitrogens with zero attached hydrogens (tertiary/aromatic N) is 2. The highest BCUT2D eigenvalue weighted by molar-refractivity contribution is 7.98. The first kappa shape index (κ1) is 10.0. The van der Waals surface area contributed by atoms with Crippen LogP contribution in [0.25, 0.3) is 0 Å². The van der Waals surface area contributed by atoms with E-state index in [4.69, 9.17) is 21.1 Å². The minimum absolute atomic E-state index is 0.107. The summed E-state index contributed by atoms with van der Waals surface area (Å²) in [6.45, 7) is 1.24. The molecule has 1 aliphatic rings. The summed E-state index contributed by atoms with van der Waals surface area (Å²) in [4.78, 5) is 8.17. The van der Waals surface area contributed by atoms with Crippen LogP contribution in [0.4, 0.5) is 0 Å². The molecule has 0 aromatic carbocycles. The number of hydrogen-bond acceptors (Lipinski definition) is 5. The van der Waals surface area contributed by atoms with Crippen molar-refractivity contribution in [3.63, 3.8) is 0 Å². The average molecular weight is 233 g/mol.